The summed E-state index contributed by atoms with van der Waals surface area (Å²) < 4.78 is 14.5. The van der Waals surface area contributed by atoms with Crippen molar-refractivity contribution >= 4 is 33.7 Å². The first kappa shape index (κ1) is 22.5. The molecule has 9 nitrogen and oxygen atoms in total. The predicted molar refractivity (Wildman–Crippen MR) is 139 cm³/mol. The van der Waals surface area contributed by atoms with Gasteiger partial charge in [-0.25, -0.2) is 14.4 Å². The fourth-order valence-electron chi connectivity index (χ4n) is 4.09. The molecule has 182 valence electrons. The summed E-state index contributed by atoms with van der Waals surface area (Å²) in [5.41, 5.74) is 5.42. The first-order valence-corrected chi connectivity index (χ1v) is 11.7. The monoisotopic (exact) mass is 492 g/mol. The highest BCUT2D eigenvalue weighted by Crippen LogP contribution is 2.32. The fraction of sp³-hybridized carbons (Fsp3) is 0.111. The van der Waals surface area contributed by atoms with E-state index in [9.17, 15) is 9.18 Å². The maximum absolute atomic E-state index is 14.5. The van der Waals surface area contributed by atoms with Crippen LogP contribution in [0.1, 0.15) is 13.8 Å². The van der Waals surface area contributed by atoms with Crippen LogP contribution in [0.25, 0.3) is 56.0 Å². The number of carbonyl (C=O) groups is 1. The second-order valence-electron chi connectivity index (χ2n) is 8.92. The number of amides is 1. The van der Waals surface area contributed by atoms with Crippen LogP contribution in [-0.4, -0.2) is 41.0 Å². The highest BCUT2D eigenvalue weighted by atomic mass is 19.1. The number of halogens is 1. The number of H-pyrrole nitrogens is 2. The number of aromatic amines is 2. The Hall–Kier alpha value is -4.99. The highest BCUT2D eigenvalue weighted by Gasteiger charge is 2.18. The van der Waals surface area contributed by atoms with Crippen molar-refractivity contribution in [1.29, 1.82) is 0 Å². The van der Waals surface area contributed by atoms with Crippen molar-refractivity contribution < 1.29 is 9.18 Å². The third-order valence-electron chi connectivity index (χ3n) is 6.03. The topological polar surface area (TPSA) is 125 Å². The second kappa shape index (κ2) is 8.90. The second-order valence-corrected chi connectivity index (χ2v) is 8.92. The molecule has 0 atom stereocenters. The Balaban J connectivity index is 1.42. The Labute approximate surface area is 210 Å². The molecule has 0 unspecified atom stereocenters. The van der Waals surface area contributed by atoms with Gasteiger partial charge in [0.1, 0.15) is 22.7 Å². The summed E-state index contributed by atoms with van der Waals surface area (Å²) in [6, 6.07) is 12.1. The molecule has 0 saturated heterocycles. The van der Waals surface area contributed by atoms with E-state index in [1.165, 1.54) is 6.07 Å². The zero-order chi connectivity index (χ0) is 25.5. The lowest BCUT2D eigenvalue weighted by Crippen LogP contribution is -2.17. The number of nitrogens with one attached hydrogen (secondary N) is 3. The molecule has 0 spiro atoms. The first-order chi connectivity index (χ1) is 18.0. The molecule has 6 aromatic rings. The number of hydrogen-bond donors (Lipinski definition) is 3. The average Bonchev–Trinajstić information content (AvgIpc) is 3.53. The van der Waals surface area contributed by atoms with E-state index in [0.717, 1.165) is 16.5 Å². The van der Waals surface area contributed by atoms with Crippen molar-refractivity contribution in [2.24, 2.45) is 5.92 Å². The lowest BCUT2D eigenvalue weighted by Gasteiger charge is -2.09. The molecule has 0 bridgehead atoms. The van der Waals surface area contributed by atoms with Crippen LogP contribution in [0.5, 0.6) is 0 Å². The highest BCUT2D eigenvalue weighted by molar-refractivity contribution is 5.96. The zero-order valence-corrected chi connectivity index (χ0v) is 20.0. The number of anilines is 1. The Morgan fingerprint density at radius 2 is 1.84 bits per heavy atom. The molecule has 0 aliphatic heterocycles. The van der Waals surface area contributed by atoms with Gasteiger partial charge in [-0.2, -0.15) is 5.10 Å². The molecular formula is C27H21FN8O. The van der Waals surface area contributed by atoms with Crippen LogP contribution < -0.4 is 5.32 Å². The lowest BCUT2D eigenvalue weighted by molar-refractivity contribution is -0.118. The maximum Gasteiger partial charge on any atom is 0.226 e. The SMILES string of the molecule is CC(C)C(=O)Nc1cncc(-c2cnc3[nH]nc(-c4nc5c(-c6ccccc6F)nccc5[nH]4)c3c2)c1. The minimum Gasteiger partial charge on any atom is -0.336 e. The Bertz CT molecular complexity index is 1790. The van der Waals surface area contributed by atoms with Gasteiger partial charge in [-0.3, -0.25) is 19.9 Å². The standard InChI is InChI=1S/C27H21FN8O/c1-14(2)27(37)32-17-9-15(11-29-13-17)16-10-19-23(35-36-25(19)31-12-16)26-33-21-7-8-30-22(24(21)34-26)18-5-3-4-6-20(18)28/h3-14H,1-2H3,(H,32,37)(H,33,34)(H,31,35,36). The summed E-state index contributed by atoms with van der Waals surface area (Å²) in [5.74, 6) is -0.0970. The minimum absolute atomic E-state index is 0.0845. The van der Waals surface area contributed by atoms with Crippen molar-refractivity contribution in [2.75, 3.05) is 5.32 Å². The number of imidazole rings is 1. The molecule has 0 radical (unpaired) electrons. The summed E-state index contributed by atoms with van der Waals surface area (Å²) in [5, 5.41) is 11.0. The molecule has 6 rings (SSSR count). The normalized spacial score (nSPS) is 11.5. The van der Waals surface area contributed by atoms with E-state index in [0.29, 0.717) is 45.1 Å². The van der Waals surface area contributed by atoms with Crippen LogP contribution in [0, 0.1) is 11.7 Å². The number of benzene rings is 1. The van der Waals surface area contributed by atoms with Crippen molar-refractivity contribution in [3.63, 3.8) is 0 Å². The van der Waals surface area contributed by atoms with Crippen molar-refractivity contribution in [3.8, 4) is 33.9 Å². The quantitative estimate of drug-likeness (QED) is 0.298. The third-order valence-corrected chi connectivity index (χ3v) is 6.03. The summed E-state index contributed by atoms with van der Waals surface area (Å²) in [6.07, 6.45) is 6.65. The number of fused-ring (bicyclic) bond motifs is 2. The summed E-state index contributed by atoms with van der Waals surface area (Å²) >= 11 is 0. The van der Waals surface area contributed by atoms with Crippen molar-refractivity contribution in [3.05, 3.63) is 73.1 Å². The molecule has 0 fully saturated rings. The zero-order valence-electron chi connectivity index (χ0n) is 20.0. The van der Waals surface area contributed by atoms with Crippen LogP contribution in [0.2, 0.25) is 0 Å². The molecule has 37 heavy (non-hydrogen) atoms. The van der Waals surface area contributed by atoms with Crippen LogP contribution in [-0.2, 0) is 4.79 Å². The number of aromatic nitrogens is 7. The molecular weight excluding hydrogens is 471 g/mol. The van der Waals surface area contributed by atoms with E-state index in [-0.39, 0.29) is 17.6 Å². The van der Waals surface area contributed by atoms with Crippen LogP contribution in [0.3, 0.4) is 0 Å². The van der Waals surface area contributed by atoms with E-state index in [2.05, 4.69) is 35.5 Å². The van der Waals surface area contributed by atoms with E-state index in [4.69, 9.17) is 4.98 Å². The number of hydrogen-bond acceptors (Lipinski definition) is 6. The predicted octanol–water partition coefficient (Wildman–Crippen LogP) is 5.36. The molecule has 1 amide bonds. The van der Waals surface area contributed by atoms with Gasteiger partial charge in [0.05, 0.1) is 22.8 Å². The van der Waals surface area contributed by atoms with Gasteiger partial charge in [0.2, 0.25) is 5.91 Å². The van der Waals surface area contributed by atoms with Gasteiger partial charge in [0.25, 0.3) is 0 Å². The fourth-order valence-corrected chi connectivity index (χ4v) is 4.09. The number of rotatable bonds is 5. The molecule has 10 heteroatoms. The van der Waals surface area contributed by atoms with Gasteiger partial charge >= 0.3 is 0 Å². The first-order valence-electron chi connectivity index (χ1n) is 11.7. The third kappa shape index (κ3) is 4.08. The van der Waals surface area contributed by atoms with E-state index < -0.39 is 0 Å². The van der Waals surface area contributed by atoms with Crippen molar-refractivity contribution in [1.82, 2.24) is 35.1 Å². The summed E-state index contributed by atoms with van der Waals surface area (Å²) in [7, 11) is 0. The number of carbonyl (C=O) groups excluding carboxylic acids is 1. The summed E-state index contributed by atoms with van der Waals surface area (Å²) in [6.45, 7) is 3.66. The van der Waals surface area contributed by atoms with Gasteiger partial charge in [-0.1, -0.05) is 26.0 Å². The van der Waals surface area contributed by atoms with Gasteiger partial charge < -0.3 is 10.3 Å². The van der Waals surface area contributed by atoms with Crippen LogP contribution in [0.15, 0.2) is 67.3 Å². The van der Waals surface area contributed by atoms with Gasteiger partial charge in [0.15, 0.2) is 11.5 Å². The minimum atomic E-state index is -0.369. The Morgan fingerprint density at radius 1 is 1.00 bits per heavy atom. The molecule has 0 saturated carbocycles. The largest absolute Gasteiger partial charge is 0.336 e. The molecule has 5 heterocycles. The summed E-state index contributed by atoms with van der Waals surface area (Å²) in [4.78, 5) is 33.3. The van der Waals surface area contributed by atoms with Crippen LogP contribution in [0.4, 0.5) is 10.1 Å². The molecule has 5 aromatic heterocycles. The smallest absolute Gasteiger partial charge is 0.226 e. The van der Waals surface area contributed by atoms with Gasteiger partial charge in [0, 0.05) is 41.2 Å². The van der Waals surface area contributed by atoms with E-state index in [1.807, 2.05) is 26.0 Å². The molecule has 0 aliphatic carbocycles. The molecule has 1 aromatic carbocycles. The average molecular weight is 493 g/mol. The molecule has 3 N–H and O–H groups in total. The Morgan fingerprint density at radius 3 is 2.68 bits per heavy atom. The lowest BCUT2D eigenvalue weighted by atomic mass is 10.1. The van der Waals surface area contributed by atoms with Crippen molar-refractivity contribution in [2.45, 2.75) is 13.8 Å². The maximum atomic E-state index is 14.5. The van der Waals surface area contributed by atoms with Gasteiger partial charge in [-0.05, 0) is 30.3 Å². The molecule has 0 aliphatic rings. The van der Waals surface area contributed by atoms with Gasteiger partial charge in [-0.15, -0.1) is 0 Å². The van der Waals surface area contributed by atoms with E-state index >= 15 is 0 Å². The van der Waals surface area contributed by atoms with Crippen LogP contribution >= 0.6 is 0 Å². The van der Waals surface area contributed by atoms with E-state index in [1.54, 1.807) is 49.1 Å². The number of nitrogens with zero attached hydrogens (tertiary/aromatic N) is 5. The number of pyridine rings is 3. The Kier molecular flexibility index (Phi) is 5.41.